The number of aryl methyl sites for hydroxylation is 1. The van der Waals surface area contributed by atoms with Crippen LogP contribution in [0.5, 0.6) is 0 Å². The highest BCUT2D eigenvalue weighted by Crippen LogP contribution is 2.18. The van der Waals surface area contributed by atoms with E-state index in [2.05, 4.69) is 15.4 Å². The van der Waals surface area contributed by atoms with Gasteiger partial charge >= 0.3 is 0 Å². The summed E-state index contributed by atoms with van der Waals surface area (Å²) >= 11 is 0. The van der Waals surface area contributed by atoms with Gasteiger partial charge in [0.2, 0.25) is 0 Å². The van der Waals surface area contributed by atoms with E-state index in [4.69, 9.17) is 4.74 Å². The van der Waals surface area contributed by atoms with Crippen LogP contribution in [0.25, 0.3) is 0 Å². The molecule has 2 atom stereocenters. The van der Waals surface area contributed by atoms with Crippen LogP contribution in [-0.2, 0) is 18.2 Å². The van der Waals surface area contributed by atoms with Crippen molar-refractivity contribution in [2.45, 2.75) is 37.8 Å². The monoisotopic (exact) mass is 224 g/mol. The molecule has 1 fully saturated rings. The molecule has 1 aliphatic heterocycles. The fourth-order valence-electron chi connectivity index (χ4n) is 2.18. The average Bonchev–Trinajstić information content (AvgIpc) is 2.90. The number of nitrogens with one attached hydrogen (secondary N) is 1. The molecule has 0 spiro atoms. The van der Waals surface area contributed by atoms with E-state index in [1.165, 1.54) is 12.8 Å². The molecule has 1 N–H and O–H groups in total. The molecule has 1 saturated heterocycles. The molecular formula is C11H20N4O. The predicted octanol–water partition coefficient (Wildman–Crippen LogP) is 0.515. The van der Waals surface area contributed by atoms with E-state index in [-0.39, 0.29) is 0 Å². The lowest BCUT2D eigenvalue weighted by Gasteiger charge is -2.19. The third-order valence-corrected chi connectivity index (χ3v) is 3.21. The van der Waals surface area contributed by atoms with Crippen molar-refractivity contribution in [2.24, 2.45) is 7.05 Å². The van der Waals surface area contributed by atoms with E-state index < -0.39 is 0 Å². The minimum absolute atomic E-state index is 0.422. The first-order chi connectivity index (χ1) is 7.79. The van der Waals surface area contributed by atoms with Gasteiger partial charge in [-0.15, -0.1) is 0 Å². The van der Waals surface area contributed by atoms with Crippen molar-refractivity contribution >= 4 is 0 Å². The summed E-state index contributed by atoms with van der Waals surface area (Å²) in [6, 6.07) is 0.422. The zero-order chi connectivity index (χ0) is 11.4. The number of nitrogens with zero attached hydrogens (tertiary/aromatic N) is 3. The Morgan fingerprint density at radius 2 is 2.56 bits per heavy atom. The minimum atomic E-state index is 0.422. The zero-order valence-electron chi connectivity index (χ0n) is 10.0. The van der Waals surface area contributed by atoms with Crippen molar-refractivity contribution in [1.29, 1.82) is 0 Å². The van der Waals surface area contributed by atoms with Crippen LogP contribution >= 0.6 is 0 Å². The maximum Gasteiger partial charge on any atom is 0.138 e. The molecule has 1 aromatic rings. The van der Waals surface area contributed by atoms with E-state index in [1.807, 2.05) is 18.8 Å². The van der Waals surface area contributed by atoms with E-state index in [9.17, 15) is 0 Å². The molecule has 2 unspecified atom stereocenters. The number of aromatic nitrogens is 3. The van der Waals surface area contributed by atoms with Crippen LogP contribution in [0.4, 0.5) is 0 Å². The highest BCUT2D eigenvalue weighted by molar-refractivity contribution is 4.90. The van der Waals surface area contributed by atoms with Gasteiger partial charge in [-0.3, -0.25) is 4.68 Å². The Bertz CT molecular complexity index is 320. The molecule has 1 aromatic heterocycles. The molecule has 0 amide bonds. The molecule has 0 aliphatic carbocycles. The van der Waals surface area contributed by atoms with Crippen LogP contribution in [0.3, 0.4) is 0 Å². The van der Waals surface area contributed by atoms with E-state index in [1.54, 1.807) is 6.33 Å². The van der Waals surface area contributed by atoms with Gasteiger partial charge in [0.25, 0.3) is 0 Å². The lowest BCUT2D eigenvalue weighted by molar-refractivity contribution is 0.0951. The third-order valence-electron chi connectivity index (χ3n) is 3.21. The maximum absolute atomic E-state index is 5.65. The maximum atomic E-state index is 5.65. The van der Waals surface area contributed by atoms with Crippen LogP contribution in [-0.4, -0.2) is 40.6 Å². The van der Waals surface area contributed by atoms with Gasteiger partial charge in [0.1, 0.15) is 12.2 Å². The van der Waals surface area contributed by atoms with Gasteiger partial charge in [0.05, 0.1) is 6.10 Å². The van der Waals surface area contributed by atoms with Gasteiger partial charge in [0, 0.05) is 26.1 Å². The number of likely N-dealkylation sites (N-methyl/N-ethyl adjacent to an activating group) is 1. The van der Waals surface area contributed by atoms with Crippen molar-refractivity contribution < 1.29 is 4.74 Å². The lowest BCUT2D eigenvalue weighted by atomic mass is 10.0. The Morgan fingerprint density at radius 3 is 3.12 bits per heavy atom. The largest absolute Gasteiger partial charge is 0.378 e. The first-order valence-corrected chi connectivity index (χ1v) is 5.91. The normalized spacial score (nSPS) is 22.5. The van der Waals surface area contributed by atoms with Crippen molar-refractivity contribution in [3.63, 3.8) is 0 Å². The molecule has 0 radical (unpaired) electrons. The lowest BCUT2D eigenvalue weighted by Crippen LogP contribution is -2.32. The molecule has 16 heavy (non-hydrogen) atoms. The summed E-state index contributed by atoms with van der Waals surface area (Å²) in [6.07, 6.45) is 6.39. The summed E-state index contributed by atoms with van der Waals surface area (Å²) in [4.78, 5) is 4.25. The van der Waals surface area contributed by atoms with Gasteiger partial charge in [-0.2, -0.15) is 5.10 Å². The van der Waals surface area contributed by atoms with Crippen LogP contribution in [0.2, 0.25) is 0 Å². The molecule has 1 aliphatic rings. The molecule has 90 valence electrons. The minimum Gasteiger partial charge on any atom is -0.378 e. The first-order valence-electron chi connectivity index (χ1n) is 5.91. The standard InChI is InChI=1S/C11H20N4O/c1-12-9(6-10-4-3-5-16-10)7-11-13-8-14-15(11)2/h8-10,12H,3-7H2,1-2H3. The van der Waals surface area contributed by atoms with Gasteiger partial charge in [-0.05, 0) is 26.3 Å². The van der Waals surface area contributed by atoms with Crippen LogP contribution in [0.1, 0.15) is 25.1 Å². The summed E-state index contributed by atoms with van der Waals surface area (Å²) in [5, 5.41) is 7.42. The Hall–Kier alpha value is -0.940. The highest BCUT2D eigenvalue weighted by Gasteiger charge is 2.21. The van der Waals surface area contributed by atoms with E-state index in [0.717, 1.165) is 25.3 Å². The summed E-state index contributed by atoms with van der Waals surface area (Å²) in [5.74, 6) is 1.03. The van der Waals surface area contributed by atoms with Crippen LogP contribution < -0.4 is 5.32 Å². The van der Waals surface area contributed by atoms with Gasteiger partial charge < -0.3 is 10.1 Å². The second-order valence-electron chi connectivity index (χ2n) is 4.36. The average molecular weight is 224 g/mol. The number of ether oxygens (including phenoxy) is 1. The fourth-order valence-corrected chi connectivity index (χ4v) is 2.18. The highest BCUT2D eigenvalue weighted by atomic mass is 16.5. The molecule has 0 bridgehead atoms. The first kappa shape index (κ1) is 11.5. The zero-order valence-corrected chi connectivity index (χ0v) is 10.0. The van der Waals surface area contributed by atoms with Crippen LogP contribution in [0.15, 0.2) is 6.33 Å². The Labute approximate surface area is 96.2 Å². The van der Waals surface area contributed by atoms with E-state index >= 15 is 0 Å². The summed E-state index contributed by atoms with van der Waals surface area (Å²) in [5.41, 5.74) is 0. The molecule has 0 saturated carbocycles. The topological polar surface area (TPSA) is 52.0 Å². The Kier molecular flexibility index (Phi) is 3.90. The predicted molar refractivity (Wildman–Crippen MR) is 61.1 cm³/mol. The fraction of sp³-hybridized carbons (Fsp3) is 0.818. The van der Waals surface area contributed by atoms with E-state index in [0.29, 0.717) is 12.1 Å². The molecule has 5 heteroatoms. The number of hydrogen-bond donors (Lipinski definition) is 1. The van der Waals surface area contributed by atoms with Crippen molar-refractivity contribution in [3.8, 4) is 0 Å². The number of rotatable bonds is 5. The quantitative estimate of drug-likeness (QED) is 0.792. The SMILES string of the molecule is CNC(Cc1ncnn1C)CC1CCCO1. The Balaban J connectivity index is 1.87. The summed E-state index contributed by atoms with van der Waals surface area (Å²) in [7, 11) is 3.93. The second-order valence-corrected chi connectivity index (χ2v) is 4.36. The molecular weight excluding hydrogens is 204 g/mol. The van der Waals surface area contributed by atoms with Gasteiger partial charge in [0.15, 0.2) is 0 Å². The summed E-state index contributed by atoms with van der Waals surface area (Å²) in [6.45, 7) is 0.922. The van der Waals surface area contributed by atoms with Crippen molar-refractivity contribution in [1.82, 2.24) is 20.1 Å². The molecule has 0 aromatic carbocycles. The second kappa shape index (κ2) is 5.41. The molecule has 2 heterocycles. The van der Waals surface area contributed by atoms with Crippen molar-refractivity contribution in [2.75, 3.05) is 13.7 Å². The Morgan fingerprint density at radius 1 is 1.69 bits per heavy atom. The van der Waals surface area contributed by atoms with Crippen LogP contribution in [0, 0.1) is 0 Å². The smallest absolute Gasteiger partial charge is 0.138 e. The molecule has 2 rings (SSSR count). The van der Waals surface area contributed by atoms with Gasteiger partial charge in [-0.1, -0.05) is 0 Å². The van der Waals surface area contributed by atoms with Gasteiger partial charge in [-0.25, -0.2) is 4.98 Å². The molecule has 5 nitrogen and oxygen atoms in total. The third kappa shape index (κ3) is 2.80. The number of hydrogen-bond acceptors (Lipinski definition) is 4. The van der Waals surface area contributed by atoms with Crippen molar-refractivity contribution in [3.05, 3.63) is 12.2 Å². The summed E-state index contributed by atoms with van der Waals surface area (Å²) < 4.78 is 7.49.